The van der Waals surface area contributed by atoms with E-state index in [9.17, 15) is 4.79 Å². The lowest BCUT2D eigenvalue weighted by molar-refractivity contribution is 0.104. The highest BCUT2D eigenvalue weighted by molar-refractivity contribution is 8.00. The molecule has 2 rings (SSSR count). The van der Waals surface area contributed by atoms with Crippen molar-refractivity contribution in [2.45, 2.75) is 4.34 Å². The number of rotatable bonds is 4. The maximum Gasteiger partial charge on any atom is 0.204 e. The number of benzene rings is 1. The van der Waals surface area contributed by atoms with Gasteiger partial charge in [0.05, 0.1) is 18.2 Å². The van der Waals surface area contributed by atoms with Crippen LogP contribution >= 0.6 is 23.1 Å². The van der Waals surface area contributed by atoms with Gasteiger partial charge in [0, 0.05) is 5.56 Å². The van der Waals surface area contributed by atoms with Gasteiger partial charge in [0.25, 0.3) is 0 Å². The fraction of sp³-hybridized carbons (Fsp3) is 0.167. The Morgan fingerprint density at radius 2 is 2.06 bits per heavy atom. The summed E-state index contributed by atoms with van der Waals surface area (Å²) in [5.74, 6) is 0.751. The molecule has 0 fully saturated rings. The van der Waals surface area contributed by atoms with Crippen LogP contribution < -0.4 is 4.74 Å². The van der Waals surface area contributed by atoms with Gasteiger partial charge < -0.3 is 4.74 Å². The lowest BCUT2D eigenvalue weighted by Gasteiger charge is -2.00. The summed E-state index contributed by atoms with van der Waals surface area (Å²) in [5.41, 5.74) is 0.655. The maximum atomic E-state index is 12.1. The Kier molecular flexibility index (Phi) is 3.81. The molecule has 1 aromatic carbocycles. The summed E-state index contributed by atoms with van der Waals surface area (Å²) < 4.78 is 5.96. The van der Waals surface area contributed by atoms with E-state index >= 15 is 0 Å². The van der Waals surface area contributed by atoms with Gasteiger partial charge in [-0.15, -0.1) is 11.3 Å². The van der Waals surface area contributed by atoms with Crippen LogP contribution in [-0.4, -0.2) is 24.1 Å². The number of ketones is 1. The number of thioether (sulfide) groups is 1. The molecule has 1 heterocycles. The average Bonchev–Trinajstić information content (AvgIpc) is 2.87. The number of thiazole rings is 1. The molecule has 0 radical (unpaired) electrons. The molecular weight excluding hydrogens is 254 g/mol. The van der Waals surface area contributed by atoms with Crippen molar-refractivity contribution in [1.29, 1.82) is 0 Å². The Labute approximate surface area is 108 Å². The number of aromatic nitrogens is 1. The second kappa shape index (κ2) is 5.33. The molecule has 0 aliphatic carbocycles. The molecule has 0 aliphatic heterocycles. The molecule has 2 aromatic rings. The molecule has 0 amide bonds. The number of hydrogen-bond donors (Lipinski definition) is 0. The van der Waals surface area contributed by atoms with Crippen LogP contribution in [-0.2, 0) is 0 Å². The highest BCUT2D eigenvalue weighted by Gasteiger charge is 2.12. The number of ether oxygens (including phenoxy) is 1. The van der Waals surface area contributed by atoms with E-state index in [4.69, 9.17) is 4.74 Å². The van der Waals surface area contributed by atoms with E-state index in [1.807, 2.05) is 6.26 Å². The molecule has 0 unspecified atom stereocenters. The zero-order valence-electron chi connectivity index (χ0n) is 9.47. The van der Waals surface area contributed by atoms with Gasteiger partial charge in [-0.3, -0.25) is 4.79 Å². The quantitative estimate of drug-likeness (QED) is 0.629. The van der Waals surface area contributed by atoms with Gasteiger partial charge in [0.15, 0.2) is 0 Å². The second-order valence-corrected chi connectivity index (χ2v) is 5.34. The standard InChI is InChI=1S/C12H11NO2S2/c1-15-9-5-3-8(4-6-9)11(14)10-7-13-12(16-2)17-10/h3-7H,1-2H3. The fourth-order valence-electron chi connectivity index (χ4n) is 1.34. The van der Waals surface area contributed by atoms with Crippen LogP contribution in [0.3, 0.4) is 0 Å². The molecule has 0 aliphatic rings. The van der Waals surface area contributed by atoms with Crippen molar-refractivity contribution in [3.8, 4) is 5.75 Å². The lowest BCUT2D eigenvalue weighted by Crippen LogP contribution is -1.98. The van der Waals surface area contributed by atoms with Gasteiger partial charge in [-0.25, -0.2) is 4.98 Å². The molecule has 3 nitrogen and oxygen atoms in total. The minimum atomic E-state index is 0.00505. The first kappa shape index (κ1) is 12.1. The summed E-state index contributed by atoms with van der Waals surface area (Å²) in [5, 5.41) is 0. The van der Waals surface area contributed by atoms with Crippen molar-refractivity contribution in [2.75, 3.05) is 13.4 Å². The third-order valence-corrected chi connectivity index (χ3v) is 4.23. The highest BCUT2D eigenvalue weighted by atomic mass is 32.2. The Bertz CT molecular complexity index is 520. The predicted octanol–water partition coefficient (Wildman–Crippen LogP) is 3.10. The summed E-state index contributed by atoms with van der Waals surface area (Å²) in [4.78, 5) is 16.9. The maximum absolute atomic E-state index is 12.1. The molecule has 5 heteroatoms. The van der Waals surface area contributed by atoms with Crippen LogP contribution in [0.15, 0.2) is 34.8 Å². The van der Waals surface area contributed by atoms with Crippen LogP contribution in [0.4, 0.5) is 0 Å². The first-order valence-corrected chi connectivity index (χ1v) is 6.97. The fourth-order valence-corrected chi connectivity index (χ4v) is 2.71. The van der Waals surface area contributed by atoms with Crippen LogP contribution in [0.2, 0.25) is 0 Å². The molecule has 1 aromatic heterocycles. The Balaban J connectivity index is 2.23. The van der Waals surface area contributed by atoms with Crippen LogP contribution in [0.1, 0.15) is 15.2 Å². The molecular formula is C12H11NO2S2. The van der Waals surface area contributed by atoms with Gasteiger partial charge in [-0.05, 0) is 30.5 Å². The Hall–Kier alpha value is -1.33. The van der Waals surface area contributed by atoms with Crippen molar-refractivity contribution in [3.05, 3.63) is 40.9 Å². The van der Waals surface area contributed by atoms with E-state index in [1.165, 1.54) is 11.3 Å². The average molecular weight is 265 g/mol. The predicted molar refractivity (Wildman–Crippen MR) is 70.3 cm³/mol. The van der Waals surface area contributed by atoms with E-state index in [2.05, 4.69) is 4.98 Å². The number of carbonyl (C=O) groups is 1. The van der Waals surface area contributed by atoms with Crippen molar-refractivity contribution in [1.82, 2.24) is 4.98 Å². The Morgan fingerprint density at radius 3 is 2.59 bits per heavy atom. The molecule has 0 bridgehead atoms. The number of nitrogens with zero attached hydrogens (tertiary/aromatic N) is 1. The van der Waals surface area contributed by atoms with E-state index in [0.717, 1.165) is 10.1 Å². The molecule has 0 atom stereocenters. The summed E-state index contributed by atoms with van der Waals surface area (Å²) in [6.45, 7) is 0. The van der Waals surface area contributed by atoms with Gasteiger partial charge in [0.1, 0.15) is 10.1 Å². The normalized spacial score (nSPS) is 10.2. The van der Waals surface area contributed by atoms with E-state index in [1.54, 1.807) is 49.3 Å². The van der Waals surface area contributed by atoms with Gasteiger partial charge in [-0.2, -0.15) is 0 Å². The zero-order chi connectivity index (χ0) is 12.3. The highest BCUT2D eigenvalue weighted by Crippen LogP contribution is 2.24. The SMILES string of the molecule is COc1ccc(C(=O)c2cnc(SC)s2)cc1. The largest absolute Gasteiger partial charge is 0.497 e. The van der Waals surface area contributed by atoms with Gasteiger partial charge >= 0.3 is 0 Å². The van der Waals surface area contributed by atoms with Crippen LogP contribution in [0, 0.1) is 0 Å². The summed E-state index contributed by atoms with van der Waals surface area (Å²) >= 11 is 2.96. The van der Waals surface area contributed by atoms with Crippen LogP contribution in [0.25, 0.3) is 0 Å². The molecule has 0 spiro atoms. The first-order chi connectivity index (χ1) is 8.24. The minimum Gasteiger partial charge on any atom is -0.497 e. The summed E-state index contributed by atoms with van der Waals surface area (Å²) in [7, 11) is 1.60. The number of hydrogen-bond acceptors (Lipinski definition) is 5. The molecule has 17 heavy (non-hydrogen) atoms. The first-order valence-electron chi connectivity index (χ1n) is 4.93. The zero-order valence-corrected chi connectivity index (χ0v) is 11.1. The van der Waals surface area contributed by atoms with E-state index in [-0.39, 0.29) is 5.78 Å². The molecule has 88 valence electrons. The topological polar surface area (TPSA) is 39.2 Å². The third kappa shape index (κ3) is 2.68. The van der Waals surface area contributed by atoms with Crippen molar-refractivity contribution >= 4 is 28.9 Å². The Morgan fingerprint density at radius 1 is 1.35 bits per heavy atom. The minimum absolute atomic E-state index is 0.00505. The second-order valence-electron chi connectivity index (χ2n) is 3.25. The summed E-state index contributed by atoms with van der Waals surface area (Å²) in [6, 6.07) is 7.09. The molecule has 0 saturated heterocycles. The number of methoxy groups -OCH3 is 1. The van der Waals surface area contributed by atoms with Crippen molar-refractivity contribution in [2.24, 2.45) is 0 Å². The van der Waals surface area contributed by atoms with Crippen molar-refractivity contribution < 1.29 is 9.53 Å². The van der Waals surface area contributed by atoms with Gasteiger partial charge in [-0.1, -0.05) is 11.8 Å². The smallest absolute Gasteiger partial charge is 0.204 e. The third-order valence-electron chi connectivity index (χ3n) is 2.24. The lowest BCUT2D eigenvalue weighted by atomic mass is 10.1. The number of carbonyl (C=O) groups excluding carboxylic acids is 1. The van der Waals surface area contributed by atoms with Crippen LogP contribution in [0.5, 0.6) is 5.75 Å². The van der Waals surface area contributed by atoms with Gasteiger partial charge in [0.2, 0.25) is 5.78 Å². The van der Waals surface area contributed by atoms with E-state index < -0.39 is 0 Å². The van der Waals surface area contributed by atoms with E-state index in [0.29, 0.717) is 10.4 Å². The molecule has 0 saturated carbocycles. The molecule has 0 N–H and O–H groups in total. The monoisotopic (exact) mass is 265 g/mol. The van der Waals surface area contributed by atoms with Crippen molar-refractivity contribution in [3.63, 3.8) is 0 Å². The summed E-state index contributed by atoms with van der Waals surface area (Å²) in [6.07, 6.45) is 3.57.